The molecule has 0 amide bonds. The molecule has 0 aliphatic heterocycles. The van der Waals surface area contributed by atoms with Crippen LogP contribution in [0.15, 0.2) is 0 Å². The molecule has 0 radical (unpaired) electrons. The van der Waals surface area contributed by atoms with Gasteiger partial charge in [0.25, 0.3) is 0 Å². The summed E-state index contributed by atoms with van der Waals surface area (Å²) in [7, 11) is -2.08. The smallest absolute Gasteiger partial charge is 0.316 e. The molecule has 136 valence electrons. The van der Waals surface area contributed by atoms with E-state index in [1.54, 1.807) is 6.92 Å². The highest BCUT2D eigenvalue weighted by Crippen LogP contribution is 2.38. The molecule has 0 spiro atoms. The van der Waals surface area contributed by atoms with Crippen LogP contribution < -0.4 is 0 Å². The Morgan fingerprint density at radius 1 is 1.09 bits per heavy atom. The maximum atomic E-state index is 12.8. The van der Waals surface area contributed by atoms with E-state index in [-0.39, 0.29) is 16.7 Å². The summed E-state index contributed by atoms with van der Waals surface area (Å²) < 4.78 is 11.5. The maximum absolute atomic E-state index is 12.8. The standard InChI is InChI=1S/C18H36O4Si/c1-10-11-12-21-17(20)14(4)15(19)16(13(2)3)22-23(8,9)18(5,6)7/h13-14,16H,10-12H2,1-9H3/t14?,16-/m0/s1. The van der Waals surface area contributed by atoms with Crippen LogP contribution in [0.4, 0.5) is 0 Å². The molecule has 0 heterocycles. The first kappa shape index (κ1) is 22.3. The molecule has 0 aromatic rings. The van der Waals surface area contributed by atoms with Crippen molar-refractivity contribution in [2.24, 2.45) is 11.8 Å². The number of hydrogen-bond acceptors (Lipinski definition) is 4. The van der Waals surface area contributed by atoms with Gasteiger partial charge in [-0.05, 0) is 37.4 Å². The van der Waals surface area contributed by atoms with Gasteiger partial charge in [0.05, 0.1) is 6.61 Å². The molecule has 0 aliphatic rings. The normalized spacial score (nSPS) is 15.4. The van der Waals surface area contributed by atoms with E-state index in [0.717, 1.165) is 12.8 Å². The van der Waals surface area contributed by atoms with Gasteiger partial charge in [0.15, 0.2) is 14.1 Å². The SMILES string of the molecule is CCCCOC(=O)C(C)C(=O)[C@@H](O[Si](C)(C)C(C)(C)C)C(C)C. The first-order valence-electron chi connectivity index (χ1n) is 8.73. The summed E-state index contributed by atoms with van der Waals surface area (Å²) in [6.45, 7) is 18.6. The van der Waals surface area contributed by atoms with Crippen molar-refractivity contribution in [1.82, 2.24) is 0 Å². The summed E-state index contributed by atoms with van der Waals surface area (Å²) in [5.41, 5.74) is 0. The Morgan fingerprint density at radius 3 is 2.00 bits per heavy atom. The third-order valence-corrected chi connectivity index (χ3v) is 9.09. The highest BCUT2D eigenvalue weighted by molar-refractivity contribution is 6.74. The van der Waals surface area contributed by atoms with Gasteiger partial charge in [-0.25, -0.2) is 0 Å². The van der Waals surface area contributed by atoms with Crippen LogP contribution in [0.25, 0.3) is 0 Å². The highest BCUT2D eigenvalue weighted by Gasteiger charge is 2.43. The van der Waals surface area contributed by atoms with Crippen LogP contribution in [-0.2, 0) is 18.8 Å². The minimum atomic E-state index is -2.08. The lowest BCUT2D eigenvalue weighted by Gasteiger charge is -2.40. The van der Waals surface area contributed by atoms with Crippen LogP contribution in [0.1, 0.15) is 61.3 Å². The molecule has 0 rings (SSSR count). The van der Waals surface area contributed by atoms with Crippen LogP contribution in [0.5, 0.6) is 0 Å². The predicted molar refractivity (Wildman–Crippen MR) is 96.9 cm³/mol. The van der Waals surface area contributed by atoms with Crippen molar-refractivity contribution in [1.29, 1.82) is 0 Å². The quantitative estimate of drug-likeness (QED) is 0.266. The van der Waals surface area contributed by atoms with Gasteiger partial charge in [0.1, 0.15) is 12.0 Å². The minimum absolute atomic E-state index is 0.0191. The lowest BCUT2D eigenvalue weighted by Crippen LogP contribution is -2.49. The monoisotopic (exact) mass is 344 g/mol. The molecular weight excluding hydrogens is 308 g/mol. The van der Waals surface area contributed by atoms with Crippen molar-refractivity contribution in [3.63, 3.8) is 0 Å². The van der Waals surface area contributed by atoms with E-state index in [4.69, 9.17) is 9.16 Å². The van der Waals surface area contributed by atoms with Crippen molar-refractivity contribution in [2.45, 2.75) is 85.5 Å². The average molecular weight is 345 g/mol. The molecule has 5 heteroatoms. The first-order valence-corrected chi connectivity index (χ1v) is 11.6. The van der Waals surface area contributed by atoms with Gasteiger partial charge in [-0.15, -0.1) is 0 Å². The summed E-state index contributed by atoms with van der Waals surface area (Å²) in [6.07, 6.45) is 1.23. The first-order chi connectivity index (χ1) is 10.3. The zero-order valence-electron chi connectivity index (χ0n) is 16.5. The number of Topliss-reactive ketones (excluding diaryl/α,β-unsaturated/α-hetero) is 1. The Morgan fingerprint density at radius 2 is 1.61 bits per heavy atom. The second-order valence-corrected chi connectivity index (χ2v) is 12.9. The Balaban J connectivity index is 5.03. The molecule has 1 unspecified atom stereocenters. The van der Waals surface area contributed by atoms with Gasteiger partial charge in [0.2, 0.25) is 0 Å². The van der Waals surface area contributed by atoms with E-state index in [1.165, 1.54) is 0 Å². The molecule has 0 saturated heterocycles. The van der Waals surface area contributed by atoms with Gasteiger partial charge in [-0.3, -0.25) is 9.59 Å². The van der Waals surface area contributed by atoms with Crippen LogP contribution in [0.2, 0.25) is 18.1 Å². The van der Waals surface area contributed by atoms with Gasteiger partial charge in [-0.2, -0.15) is 0 Å². The van der Waals surface area contributed by atoms with E-state index < -0.39 is 26.3 Å². The summed E-state index contributed by atoms with van der Waals surface area (Å²) in [4.78, 5) is 24.8. The van der Waals surface area contributed by atoms with Gasteiger partial charge >= 0.3 is 5.97 Å². The Bertz CT molecular complexity index is 396. The van der Waals surface area contributed by atoms with Crippen molar-refractivity contribution in [3.8, 4) is 0 Å². The largest absolute Gasteiger partial charge is 0.465 e. The third-order valence-electron chi connectivity index (χ3n) is 4.64. The molecule has 0 bridgehead atoms. The van der Waals surface area contributed by atoms with Crippen molar-refractivity contribution >= 4 is 20.1 Å². The fourth-order valence-corrected chi connectivity index (χ4v) is 3.20. The molecule has 0 aromatic carbocycles. The minimum Gasteiger partial charge on any atom is -0.465 e. The lowest BCUT2D eigenvalue weighted by molar-refractivity contribution is -0.154. The van der Waals surface area contributed by atoms with Crippen molar-refractivity contribution < 1.29 is 18.8 Å². The molecular formula is C18H36O4Si. The molecule has 0 aromatic heterocycles. The van der Waals surface area contributed by atoms with E-state index in [9.17, 15) is 9.59 Å². The fourth-order valence-electron chi connectivity index (χ4n) is 1.82. The van der Waals surface area contributed by atoms with Crippen LogP contribution in [0, 0.1) is 11.8 Å². The number of carbonyl (C=O) groups excluding carboxylic acids is 2. The Hall–Kier alpha value is -0.683. The molecule has 0 fully saturated rings. The number of hydrogen-bond donors (Lipinski definition) is 0. The summed E-state index contributed by atoms with van der Waals surface area (Å²) in [6, 6.07) is 0. The molecule has 23 heavy (non-hydrogen) atoms. The lowest BCUT2D eigenvalue weighted by atomic mass is 9.95. The predicted octanol–water partition coefficient (Wildman–Crippen LogP) is 4.58. The van der Waals surface area contributed by atoms with E-state index in [2.05, 4.69) is 33.9 Å². The highest BCUT2D eigenvalue weighted by atomic mass is 28.4. The zero-order chi connectivity index (χ0) is 18.4. The maximum Gasteiger partial charge on any atom is 0.316 e. The van der Waals surface area contributed by atoms with Gasteiger partial charge in [-0.1, -0.05) is 48.0 Å². The number of ether oxygens (including phenoxy) is 1. The zero-order valence-corrected chi connectivity index (χ0v) is 17.5. The topological polar surface area (TPSA) is 52.6 Å². The molecule has 2 atom stereocenters. The number of rotatable bonds is 9. The number of ketones is 1. The summed E-state index contributed by atoms with van der Waals surface area (Å²) >= 11 is 0. The fraction of sp³-hybridized carbons (Fsp3) is 0.889. The van der Waals surface area contributed by atoms with Gasteiger partial charge in [0, 0.05) is 0 Å². The second-order valence-electron chi connectivity index (χ2n) is 8.19. The van der Waals surface area contributed by atoms with Crippen LogP contribution in [0.3, 0.4) is 0 Å². The average Bonchev–Trinajstić information content (AvgIpc) is 2.41. The van der Waals surface area contributed by atoms with E-state index >= 15 is 0 Å². The molecule has 4 nitrogen and oxygen atoms in total. The number of carbonyl (C=O) groups is 2. The van der Waals surface area contributed by atoms with Gasteiger partial charge < -0.3 is 9.16 Å². The third kappa shape index (κ3) is 6.75. The number of esters is 1. The van der Waals surface area contributed by atoms with Crippen molar-refractivity contribution in [3.05, 3.63) is 0 Å². The summed E-state index contributed by atoms with van der Waals surface area (Å²) in [5, 5.41) is 0.0191. The summed E-state index contributed by atoms with van der Waals surface area (Å²) in [5.74, 6) is -1.34. The molecule has 0 N–H and O–H groups in total. The molecule has 0 aliphatic carbocycles. The van der Waals surface area contributed by atoms with Crippen molar-refractivity contribution in [2.75, 3.05) is 6.61 Å². The van der Waals surface area contributed by atoms with E-state index in [0.29, 0.717) is 6.61 Å². The second kappa shape index (κ2) is 8.97. The Kier molecular flexibility index (Phi) is 8.71. The van der Waals surface area contributed by atoms with Crippen LogP contribution >= 0.6 is 0 Å². The Labute approximate surface area is 143 Å². The van der Waals surface area contributed by atoms with Crippen LogP contribution in [-0.4, -0.2) is 32.8 Å². The van der Waals surface area contributed by atoms with E-state index in [1.807, 2.05) is 20.8 Å². The number of unbranched alkanes of at least 4 members (excludes halogenated alkanes) is 1. The molecule has 0 saturated carbocycles.